The van der Waals surface area contributed by atoms with Crippen LogP contribution in [-0.2, 0) is 0 Å². The molecule has 1 fully saturated rings. The molecule has 3 rings (SSSR count). The smallest absolute Gasteiger partial charge is 0.159 e. The van der Waals surface area contributed by atoms with Gasteiger partial charge in [0.25, 0.3) is 0 Å². The van der Waals surface area contributed by atoms with E-state index in [2.05, 4.69) is 14.9 Å². The fourth-order valence-corrected chi connectivity index (χ4v) is 2.65. The van der Waals surface area contributed by atoms with Crippen LogP contribution < -0.4 is 10.6 Å². The highest BCUT2D eigenvalue weighted by Gasteiger charge is 2.18. The van der Waals surface area contributed by atoms with Crippen LogP contribution in [0.1, 0.15) is 18.5 Å². The van der Waals surface area contributed by atoms with Crippen molar-refractivity contribution in [3.63, 3.8) is 0 Å². The van der Waals surface area contributed by atoms with Crippen molar-refractivity contribution in [2.24, 2.45) is 5.73 Å². The quantitative estimate of drug-likeness (QED) is 0.921. The van der Waals surface area contributed by atoms with Crippen LogP contribution in [0.25, 0.3) is 11.4 Å². The number of benzene rings is 1. The molecule has 0 atom stereocenters. The summed E-state index contributed by atoms with van der Waals surface area (Å²) in [5.74, 6) is 0.377. The summed E-state index contributed by atoms with van der Waals surface area (Å²) in [6.07, 6.45) is 3.86. The first-order valence-corrected chi connectivity index (χ1v) is 7.23. The molecule has 2 aromatic rings. The number of aromatic nitrogens is 2. The molecule has 0 radical (unpaired) electrons. The molecule has 1 aromatic heterocycles. The van der Waals surface area contributed by atoms with Crippen LogP contribution in [0.15, 0.2) is 30.5 Å². The summed E-state index contributed by atoms with van der Waals surface area (Å²) in [4.78, 5) is 11.3. The summed E-state index contributed by atoms with van der Waals surface area (Å²) in [6, 6.07) is 6.55. The van der Waals surface area contributed by atoms with Gasteiger partial charge in [0, 0.05) is 24.7 Å². The van der Waals surface area contributed by atoms with Gasteiger partial charge in [0.15, 0.2) is 5.82 Å². The van der Waals surface area contributed by atoms with E-state index >= 15 is 0 Å². The van der Waals surface area contributed by atoms with Crippen LogP contribution in [0.2, 0.25) is 0 Å². The summed E-state index contributed by atoms with van der Waals surface area (Å²) >= 11 is 0. The molecular weight excluding hydrogens is 267 g/mol. The molecule has 4 nitrogen and oxygen atoms in total. The first-order valence-electron chi connectivity index (χ1n) is 7.23. The maximum absolute atomic E-state index is 13.0. The fourth-order valence-electron chi connectivity index (χ4n) is 2.65. The maximum Gasteiger partial charge on any atom is 0.159 e. The van der Waals surface area contributed by atoms with Crippen LogP contribution in [0, 0.1) is 12.7 Å². The van der Waals surface area contributed by atoms with Crippen molar-refractivity contribution >= 4 is 5.69 Å². The molecule has 110 valence electrons. The van der Waals surface area contributed by atoms with E-state index < -0.39 is 0 Å². The number of rotatable bonds is 2. The van der Waals surface area contributed by atoms with Gasteiger partial charge in [-0.1, -0.05) is 0 Å². The highest BCUT2D eigenvalue weighted by Crippen LogP contribution is 2.24. The zero-order valence-corrected chi connectivity index (χ0v) is 12.1. The minimum Gasteiger partial charge on any atom is -0.369 e. The Balaban J connectivity index is 1.84. The average Bonchev–Trinajstić information content (AvgIpc) is 2.49. The Morgan fingerprint density at radius 2 is 1.86 bits per heavy atom. The van der Waals surface area contributed by atoms with E-state index in [1.165, 1.54) is 12.1 Å². The van der Waals surface area contributed by atoms with Gasteiger partial charge in [-0.05, 0) is 44.0 Å². The molecule has 0 spiro atoms. The van der Waals surface area contributed by atoms with Crippen molar-refractivity contribution < 1.29 is 4.39 Å². The number of hydrogen-bond acceptors (Lipinski definition) is 4. The maximum atomic E-state index is 13.0. The van der Waals surface area contributed by atoms with Gasteiger partial charge in [-0.3, -0.25) is 0 Å². The second-order valence-electron chi connectivity index (χ2n) is 5.50. The molecule has 1 saturated heterocycles. The Kier molecular flexibility index (Phi) is 3.84. The van der Waals surface area contributed by atoms with E-state index in [-0.39, 0.29) is 5.82 Å². The van der Waals surface area contributed by atoms with E-state index in [0.29, 0.717) is 11.9 Å². The van der Waals surface area contributed by atoms with Gasteiger partial charge < -0.3 is 10.6 Å². The Hall–Kier alpha value is -2.01. The number of hydrogen-bond donors (Lipinski definition) is 1. The number of anilines is 1. The molecular formula is C16H19FN4. The fraction of sp³-hybridized carbons (Fsp3) is 0.375. The zero-order valence-electron chi connectivity index (χ0n) is 12.1. The van der Waals surface area contributed by atoms with Crippen LogP contribution in [0.3, 0.4) is 0 Å². The summed E-state index contributed by atoms with van der Waals surface area (Å²) < 4.78 is 13.0. The molecule has 0 unspecified atom stereocenters. The first-order chi connectivity index (χ1) is 10.1. The standard InChI is InChI=1S/C16H19FN4/c1-11-15(21-8-6-14(18)7-9-21)10-19-16(20-11)12-2-4-13(17)5-3-12/h2-5,10,14H,6-9,18H2,1H3. The second kappa shape index (κ2) is 5.77. The van der Waals surface area contributed by atoms with Gasteiger partial charge in [0.2, 0.25) is 0 Å². The SMILES string of the molecule is Cc1nc(-c2ccc(F)cc2)ncc1N1CCC(N)CC1. The molecule has 21 heavy (non-hydrogen) atoms. The lowest BCUT2D eigenvalue weighted by Gasteiger charge is -2.32. The molecule has 0 bridgehead atoms. The van der Waals surface area contributed by atoms with Crippen molar-refractivity contribution in [3.8, 4) is 11.4 Å². The van der Waals surface area contributed by atoms with E-state index in [1.54, 1.807) is 12.1 Å². The van der Waals surface area contributed by atoms with Gasteiger partial charge in [-0.2, -0.15) is 0 Å². The third kappa shape index (κ3) is 3.03. The predicted molar refractivity (Wildman–Crippen MR) is 81.6 cm³/mol. The highest BCUT2D eigenvalue weighted by molar-refractivity contribution is 5.58. The Labute approximate surface area is 123 Å². The third-order valence-electron chi connectivity index (χ3n) is 3.94. The molecule has 1 aliphatic rings. The first kappa shape index (κ1) is 13.9. The molecule has 2 heterocycles. The summed E-state index contributed by atoms with van der Waals surface area (Å²) in [6.45, 7) is 3.88. The van der Waals surface area contributed by atoms with E-state index in [9.17, 15) is 4.39 Å². The normalized spacial score (nSPS) is 16.2. The predicted octanol–water partition coefficient (Wildman–Crippen LogP) is 2.52. The van der Waals surface area contributed by atoms with Gasteiger partial charge in [-0.25, -0.2) is 14.4 Å². The second-order valence-corrected chi connectivity index (χ2v) is 5.50. The summed E-state index contributed by atoms with van der Waals surface area (Å²) in [7, 11) is 0. The van der Waals surface area contributed by atoms with Crippen LogP contribution >= 0.6 is 0 Å². The van der Waals surface area contributed by atoms with Crippen molar-refractivity contribution in [1.29, 1.82) is 0 Å². The molecule has 1 aromatic carbocycles. The van der Waals surface area contributed by atoms with Crippen molar-refractivity contribution in [2.45, 2.75) is 25.8 Å². The number of halogens is 1. The molecule has 0 amide bonds. The lowest BCUT2D eigenvalue weighted by Crippen LogP contribution is -2.40. The van der Waals surface area contributed by atoms with E-state index in [1.807, 2.05) is 13.1 Å². The van der Waals surface area contributed by atoms with Crippen LogP contribution in [0.4, 0.5) is 10.1 Å². The zero-order chi connectivity index (χ0) is 14.8. The number of nitrogens with two attached hydrogens (primary N) is 1. The highest BCUT2D eigenvalue weighted by atomic mass is 19.1. The summed E-state index contributed by atoms with van der Waals surface area (Å²) in [5, 5.41) is 0. The van der Waals surface area contributed by atoms with Gasteiger partial charge in [-0.15, -0.1) is 0 Å². The average molecular weight is 286 g/mol. The Morgan fingerprint density at radius 1 is 1.19 bits per heavy atom. The summed E-state index contributed by atoms with van der Waals surface area (Å²) in [5.41, 5.74) is 8.77. The lowest BCUT2D eigenvalue weighted by molar-refractivity contribution is 0.500. The van der Waals surface area contributed by atoms with Crippen LogP contribution in [-0.4, -0.2) is 29.1 Å². The van der Waals surface area contributed by atoms with Gasteiger partial charge >= 0.3 is 0 Å². The number of aryl methyl sites for hydroxylation is 1. The Bertz CT molecular complexity index is 619. The lowest BCUT2D eigenvalue weighted by atomic mass is 10.1. The monoisotopic (exact) mass is 286 g/mol. The topological polar surface area (TPSA) is 55.0 Å². The molecule has 1 aliphatic heterocycles. The Morgan fingerprint density at radius 3 is 2.48 bits per heavy atom. The molecule has 5 heteroatoms. The minimum atomic E-state index is -0.253. The van der Waals surface area contributed by atoms with E-state index in [4.69, 9.17) is 5.73 Å². The molecule has 0 aliphatic carbocycles. The minimum absolute atomic E-state index is 0.253. The molecule has 2 N–H and O–H groups in total. The third-order valence-corrected chi connectivity index (χ3v) is 3.94. The van der Waals surface area contributed by atoms with Crippen molar-refractivity contribution in [3.05, 3.63) is 42.0 Å². The van der Waals surface area contributed by atoms with E-state index in [0.717, 1.165) is 42.9 Å². The van der Waals surface area contributed by atoms with Crippen molar-refractivity contribution in [1.82, 2.24) is 9.97 Å². The van der Waals surface area contributed by atoms with Gasteiger partial charge in [0.05, 0.1) is 17.6 Å². The number of nitrogens with zero attached hydrogens (tertiary/aromatic N) is 3. The van der Waals surface area contributed by atoms with Crippen molar-refractivity contribution in [2.75, 3.05) is 18.0 Å². The molecule has 0 saturated carbocycles. The largest absolute Gasteiger partial charge is 0.369 e. The number of piperidine rings is 1. The van der Waals surface area contributed by atoms with Crippen LogP contribution in [0.5, 0.6) is 0 Å². The van der Waals surface area contributed by atoms with Gasteiger partial charge in [0.1, 0.15) is 5.82 Å².